The molecule has 1 aliphatic rings. The molecule has 1 saturated heterocycles. The van der Waals surface area contributed by atoms with Gasteiger partial charge >= 0.3 is 5.97 Å². The lowest BCUT2D eigenvalue weighted by Gasteiger charge is -2.21. The molecule has 0 radical (unpaired) electrons. The number of nitrogens with zero attached hydrogens (tertiary/aromatic N) is 1. The van der Waals surface area contributed by atoms with Crippen LogP contribution >= 0.6 is 11.3 Å². The summed E-state index contributed by atoms with van der Waals surface area (Å²) in [7, 11) is 0. The fourth-order valence-electron chi connectivity index (χ4n) is 2.62. The third-order valence-corrected chi connectivity index (χ3v) is 4.96. The van der Waals surface area contributed by atoms with E-state index in [1.165, 1.54) is 30.6 Å². The topological polar surface area (TPSA) is 40.5 Å². The van der Waals surface area contributed by atoms with E-state index in [9.17, 15) is 4.79 Å². The number of anilines is 1. The minimum absolute atomic E-state index is 0.439. The van der Waals surface area contributed by atoms with E-state index >= 15 is 0 Å². The Morgan fingerprint density at radius 2 is 2.17 bits per heavy atom. The number of hydrogen-bond donors (Lipinski definition) is 1. The predicted octanol–water partition coefficient (Wildman–Crippen LogP) is 3.71. The first kappa shape index (κ1) is 13.4. The Bertz CT molecular complexity index is 414. The number of rotatable bonds is 3. The average Bonchev–Trinajstić information content (AvgIpc) is 2.67. The minimum Gasteiger partial charge on any atom is -0.477 e. The maximum Gasteiger partial charge on any atom is 0.345 e. The lowest BCUT2D eigenvalue weighted by molar-refractivity contribution is 0.0702. The van der Waals surface area contributed by atoms with Gasteiger partial charge in [-0.3, -0.25) is 0 Å². The van der Waals surface area contributed by atoms with E-state index in [-0.39, 0.29) is 0 Å². The van der Waals surface area contributed by atoms with Crippen molar-refractivity contribution in [2.45, 2.75) is 33.1 Å². The summed E-state index contributed by atoms with van der Waals surface area (Å²) in [6.45, 7) is 6.72. The highest BCUT2D eigenvalue weighted by molar-refractivity contribution is 7.17. The van der Waals surface area contributed by atoms with Gasteiger partial charge in [0, 0.05) is 13.1 Å². The number of carboxylic acid groups (broad SMARTS) is 1. The zero-order valence-electron chi connectivity index (χ0n) is 11.1. The average molecular weight is 267 g/mol. The smallest absolute Gasteiger partial charge is 0.345 e. The van der Waals surface area contributed by atoms with E-state index in [1.807, 2.05) is 6.07 Å². The van der Waals surface area contributed by atoms with Crippen molar-refractivity contribution in [3.63, 3.8) is 0 Å². The van der Waals surface area contributed by atoms with Crippen molar-refractivity contribution in [2.75, 3.05) is 18.0 Å². The van der Waals surface area contributed by atoms with Crippen molar-refractivity contribution in [3.05, 3.63) is 17.0 Å². The van der Waals surface area contributed by atoms with Crippen molar-refractivity contribution in [1.82, 2.24) is 0 Å². The molecule has 18 heavy (non-hydrogen) atoms. The molecular weight excluding hydrogens is 246 g/mol. The summed E-state index contributed by atoms with van der Waals surface area (Å²) in [5, 5.41) is 10.1. The maximum absolute atomic E-state index is 10.9. The molecule has 1 aliphatic heterocycles. The molecule has 0 saturated carbocycles. The summed E-state index contributed by atoms with van der Waals surface area (Å²) in [4.78, 5) is 13.7. The van der Waals surface area contributed by atoms with Gasteiger partial charge in [0.15, 0.2) is 0 Å². The van der Waals surface area contributed by atoms with E-state index in [4.69, 9.17) is 5.11 Å². The van der Waals surface area contributed by atoms with Crippen molar-refractivity contribution in [1.29, 1.82) is 0 Å². The highest BCUT2D eigenvalue weighted by atomic mass is 32.1. The molecular formula is C14H21NO2S. The van der Waals surface area contributed by atoms with Crippen LogP contribution in [0.4, 0.5) is 5.00 Å². The minimum atomic E-state index is -0.818. The molecule has 0 spiro atoms. The molecule has 1 N–H and O–H groups in total. The summed E-state index contributed by atoms with van der Waals surface area (Å²) in [5.74, 6) is 0.748. The predicted molar refractivity (Wildman–Crippen MR) is 75.7 cm³/mol. The Kier molecular flexibility index (Phi) is 4.27. The van der Waals surface area contributed by atoms with Crippen molar-refractivity contribution in [3.8, 4) is 0 Å². The third kappa shape index (κ3) is 3.05. The van der Waals surface area contributed by atoms with Crippen LogP contribution in [0.2, 0.25) is 0 Å². The van der Waals surface area contributed by atoms with E-state index in [0.717, 1.165) is 29.9 Å². The summed E-state index contributed by atoms with van der Waals surface area (Å²) in [6.07, 6.45) is 3.73. The van der Waals surface area contributed by atoms with Crippen LogP contribution in [0.15, 0.2) is 12.1 Å². The van der Waals surface area contributed by atoms with Crippen LogP contribution in [-0.2, 0) is 0 Å². The number of carboxylic acids is 1. The number of carbonyl (C=O) groups is 1. The second kappa shape index (κ2) is 5.74. The van der Waals surface area contributed by atoms with E-state index < -0.39 is 5.97 Å². The lowest BCUT2D eigenvalue weighted by atomic mass is 9.89. The number of aromatic carboxylic acids is 1. The molecule has 1 fully saturated rings. The molecule has 0 aliphatic carbocycles. The largest absolute Gasteiger partial charge is 0.477 e. The first-order valence-electron chi connectivity index (χ1n) is 6.66. The van der Waals surface area contributed by atoms with Crippen molar-refractivity contribution < 1.29 is 9.90 Å². The molecule has 3 nitrogen and oxygen atoms in total. The van der Waals surface area contributed by atoms with Gasteiger partial charge in [-0.2, -0.15) is 0 Å². The van der Waals surface area contributed by atoms with E-state index in [2.05, 4.69) is 18.7 Å². The Morgan fingerprint density at radius 1 is 1.39 bits per heavy atom. The molecule has 0 aromatic carbocycles. The van der Waals surface area contributed by atoms with Crippen LogP contribution in [0, 0.1) is 11.8 Å². The molecule has 0 bridgehead atoms. The van der Waals surface area contributed by atoms with Gasteiger partial charge in [0.05, 0.1) is 5.00 Å². The van der Waals surface area contributed by atoms with Gasteiger partial charge in [0.1, 0.15) is 4.88 Å². The number of thiophene rings is 1. The van der Waals surface area contributed by atoms with Gasteiger partial charge < -0.3 is 10.0 Å². The van der Waals surface area contributed by atoms with Gasteiger partial charge in [-0.15, -0.1) is 11.3 Å². The van der Waals surface area contributed by atoms with Crippen LogP contribution < -0.4 is 4.90 Å². The van der Waals surface area contributed by atoms with Crippen LogP contribution in [-0.4, -0.2) is 24.2 Å². The van der Waals surface area contributed by atoms with Gasteiger partial charge in [0.25, 0.3) is 0 Å². The van der Waals surface area contributed by atoms with E-state index in [0.29, 0.717) is 4.88 Å². The van der Waals surface area contributed by atoms with Crippen LogP contribution in [0.1, 0.15) is 42.8 Å². The fourth-order valence-corrected chi connectivity index (χ4v) is 3.52. The molecule has 2 heterocycles. The Balaban J connectivity index is 2.02. The molecule has 1 aromatic rings. The molecule has 1 aromatic heterocycles. The van der Waals surface area contributed by atoms with Gasteiger partial charge in [-0.05, 0) is 43.2 Å². The summed E-state index contributed by atoms with van der Waals surface area (Å²) < 4.78 is 0. The van der Waals surface area contributed by atoms with Gasteiger partial charge in [-0.25, -0.2) is 4.79 Å². The summed E-state index contributed by atoms with van der Waals surface area (Å²) in [6, 6.07) is 3.66. The zero-order chi connectivity index (χ0) is 13.1. The van der Waals surface area contributed by atoms with Gasteiger partial charge in [-0.1, -0.05) is 13.8 Å². The monoisotopic (exact) mass is 267 g/mol. The Morgan fingerprint density at radius 3 is 2.78 bits per heavy atom. The lowest BCUT2D eigenvalue weighted by Crippen LogP contribution is -2.23. The second-order valence-corrected chi connectivity index (χ2v) is 6.43. The zero-order valence-corrected chi connectivity index (χ0v) is 11.9. The van der Waals surface area contributed by atoms with Crippen LogP contribution in [0.3, 0.4) is 0 Å². The summed E-state index contributed by atoms with van der Waals surface area (Å²) in [5.41, 5.74) is 0. The molecule has 4 heteroatoms. The molecule has 2 rings (SSSR count). The Labute approximate surface area is 112 Å². The SMILES string of the molecule is CC(C)C1CCCN(c2ccc(C(=O)O)s2)CC1. The fraction of sp³-hybridized carbons (Fsp3) is 0.643. The first-order valence-corrected chi connectivity index (χ1v) is 7.47. The maximum atomic E-state index is 10.9. The van der Waals surface area contributed by atoms with Crippen LogP contribution in [0.5, 0.6) is 0 Å². The van der Waals surface area contributed by atoms with Crippen LogP contribution in [0.25, 0.3) is 0 Å². The first-order chi connectivity index (χ1) is 8.58. The molecule has 1 unspecified atom stereocenters. The highest BCUT2D eigenvalue weighted by Gasteiger charge is 2.21. The van der Waals surface area contributed by atoms with Crippen molar-refractivity contribution >= 4 is 22.3 Å². The summed E-state index contributed by atoms with van der Waals surface area (Å²) >= 11 is 1.39. The molecule has 1 atom stereocenters. The highest BCUT2D eigenvalue weighted by Crippen LogP contribution is 2.31. The number of hydrogen-bond acceptors (Lipinski definition) is 3. The quantitative estimate of drug-likeness (QED) is 0.907. The normalized spacial score (nSPS) is 21.1. The van der Waals surface area contributed by atoms with E-state index in [1.54, 1.807) is 6.07 Å². The Hall–Kier alpha value is -1.03. The standard InChI is InChI=1S/C14H21NO2S/c1-10(2)11-4-3-8-15(9-7-11)13-6-5-12(18-13)14(16)17/h5-6,10-11H,3-4,7-9H2,1-2H3,(H,16,17). The van der Waals surface area contributed by atoms with Gasteiger partial charge in [0.2, 0.25) is 0 Å². The molecule has 0 amide bonds. The molecule has 100 valence electrons. The second-order valence-electron chi connectivity index (χ2n) is 5.37. The third-order valence-electron chi connectivity index (χ3n) is 3.83. The van der Waals surface area contributed by atoms with Crippen molar-refractivity contribution in [2.24, 2.45) is 11.8 Å².